The number of aryl methyl sites for hydroxylation is 1. The van der Waals surface area contributed by atoms with Crippen LogP contribution in [0.3, 0.4) is 0 Å². The highest BCUT2D eigenvalue weighted by Gasteiger charge is 2.03. The summed E-state index contributed by atoms with van der Waals surface area (Å²) in [4.78, 5) is 23.0. The van der Waals surface area contributed by atoms with E-state index in [1.807, 2.05) is 0 Å². The number of H-pyrrole nitrogens is 1. The third kappa shape index (κ3) is 3.31. The minimum absolute atomic E-state index is 0.0908. The molecule has 0 aliphatic heterocycles. The molecule has 0 unspecified atom stereocenters. The van der Waals surface area contributed by atoms with E-state index in [0.29, 0.717) is 13.1 Å². The van der Waals surface area contributed by atoms with Crippen LogP contribution in [0, 0.1) is 0 Å². The topological polar surface area (TPSA) is 79.8 Å². The van der Waals surface area contributed by atoms with Crippen molar-refractivity contribution >= 4 is 5.91 Å². The summed E-state index contributed by atoms with van der Waals surface area (Å²) < 4.78 is 1.51. The molecule has 2 heterocycles. The number of aromatic amines is 1. The van der Waals surface area contributed by atoms with Crippen LogP contribution in [0.25, 0.3) is 0 Å². The first kappa shape index (κ1) is 12.1. The average molecular weight is 246 g/mol. The third-order valence-electron chi connectivity index (χ3n) is 2.52. The largest absolute Gasteiger partial charge is 0.352 e. The number of hydrogen-bond acceptors (Lipinski definition) is 3. The molecule has 0 aliphatic carbocycles. The standard InChI is InChI=1S/C12H14N4O2/c17-11(13-7-10-8-14-15-9-10)4-6-16-5-2-1-3-12(16)18/h1-3,5,8-9H,4,6-7H2,(H,13,17)(H,14,15). The van der Waals surface area contributed by atoms with E-state index in [2.05, 4.69) is 15.5 Å². The van der Waals surface area contributed by atoms with Gasteiger partial charge in [-0.25, -0.2) is 0 Å². The van der Waals surface area contributed by atoms with Gasteiger partial charge in [0.25, 0.3) is 5.56 Å². The van der Waals surface area contributed by atoms with Crippen molar-refractivity contribution in [1.29, 1.82) is 0 Å². The quantitative estimate of drug-likeness (QED) is 0.795. The maximum absolute atomic E-state index is 11.6. The van der Waals surface area contributed by atoms with Gasteiger partial charge >= 0.3 is 0 Å². The average Bonchev–Trinajstić information content (AvgIpc) is 2.88. The van der Waals surface area contributed by atoms with Crippen molar-refractivity contribution in [3.63, 3.8) is 0 Å². The number of hydrogen-bond donors (Lipinski definition) is 2. The van der Waals surface area contributed by atoms with Gasteiger partial charge in [-0.2, -0.15) is 5.10 Å². The number of amides is 1. The van der Waals surface area contributed by atoms with Gasteiger partial charge in [-0.3, -0.25) is 14.7 Å². The molecule has 0 bridgehead atoms. The summed E-state index contributed by atoms with van der Waals surface area (Å²) in [7, 11) is 0. The molecule has 18 heavy (non-hydrogen) atoms. The zero-order valence-electron chi connectivity index (χ0n) is 9.80. The zero-order chi connectivity index (χ0) is 12.8. The van der Waals surface area contributed by atoms with Crippen LogP contribution in [0.4, 0.5) is 0 Å². The van der Waals surface area contributed by atoms with E-state index < -0.39 is 0 Å². The number of carbonyl (C=O) groups excluding carboxylic acids is 1. The fourth-order valence-electron chi connectivity index (χ4n) is 1.53. The first-order chi connectivity index (χ1) is 8.75. The third-order valence-corrected chi connectivity index (χ3v) is 2.52. The zero-order valence-corrected chi connectivity index (χ0v) is 9.80. The van der Waals surface area contributed by atoms with Crippen molar-refractivity contribution < 1.29 is 4.79 Å². The highest BCUT2D eigenvalue weighted by Crippen LogP contribution is 1.93. The number of rotatable bonds is 5. The summed E-state index contributed by atoms with van der Waals surface area (Å²) in [6.07, 6.45) is 5.33. The molecule has 2 aromatic heterocycles. The molecule has 0 aliphatic rings. The van der Waals surface area contributed by atoms with Crippen LogP contribution in [-0.2, 0) is 17.9 Å². The number of carbonyl (C=O) groups is 1. The molecule has 6 heteroatoms. The fraction of sp³-hybridized carbons (Fsp3) is 0.250. The van der Waals surface area contributed by atoms with Gasteiger partial charge in [0.1, 0.15) is 0 Å². The van der Waals surface area contributed by atoms with Gasteiger partial charge in [0, 0.05) is 43.5 Å². The van der Waals surface area contributed by atoms with E-state index in [0.717, 1.165) is 5.56 Å². The van der Waals surface area contributed by atoms with Crippen molar-refractivity contribution in [1.82, 2.24) is 20.1 Å². The van der Waals surface area contributed by atoms with Gasteiger partial charge in [-0.15, -0.1) is 0 Å². The highest BCUT2D eigenvalue weighted by molar-refractivity contribution is 5.75. The maximum Gasteiger partial charge on any atom is 0.250 e. The Morgan fingerprint density at radius 1 is 1.44 bits per heavy atom. The van der Waals surface area contributed by atoms with Crippen molar-refractivity contribution in [3.05, 3.63) is 52.7 Å². The predicted octanol–water partition coefficient (Wildman–Crippen LogP) is 0.278. The van der Waals surface area contributed by atoms with Gasteiger partial charge < -0.3 is 9.88 Å². The second kappa shape index (κ2) is 5.81. The van der Waals surface area contributed by atoms with E-state index in [9.17, 15) is 9.59 Å². The number of pyridine rings is 1. The molecule has 2 rings (SSSR count). The van der Waals surface area contributed by atoms with Crippen molar-refractivity contribution in [2.45, 2.75) is 19.5 Å². The number of aromatic nitrogens is 3. The lowest BCUT2D eigenvalue weighted by molar-refractivity contribution is -0.121. The van der Waals surface area contributed by atoms with Gasteiger partial charge in [0.05, 0.1) is 6.20 Å². The first-order valence-corrected chi connectivity index (χ1v) is 5.65. The molecule has 0 spiro atoms. The van der Waals surface area contributed by atoms with E-state index in [1.54, 1.807) is 30.7 Å². The van der Waals surface area contributed by atoms with E-state index in [1.165, 1.54) is 10.6 Å². The Morgan fingerprint density at radius 3 is 3.06 bits per heavy atom. The molecule has 0 aromatic carbocycles. The molecule has 0 saturated heterocycles. The smallest absolute Gasteiger partial charge is 0.250 e. The molecular weight excluding hydrogens is 232 g/mol. The molecule has 0 fully saturated rings. The summed E-state index contributed by atoms with van der Waals surface area (Å²) in [5.41, 5.74) is 0.820. The fourth-order valence-corrected chi connectivity index (χ4v) is 1.53. The van der Waals surface area contributed by atoms with Crippen LogP contribution < -0.4 is 10.9 Å². The van der Waals surface area contributed by atoms with Gasteiger partial charge in [0.15, 0.2) is 0 Å². The Bertz CT molecular complexity index is 559. The van der Waals surface area contributed by atoms with Crippen LogP contribution in [0.2, 0.25) is 0 Å². The first-order valence-electron chi connectivity index (χ1n) is 5.65. The van der Waals surface area contributed by atoms with Crippen molar-refractivity contribution in [2.75, 3.05) is 0 Å². The molecular formula is C12H14N4O2. The Hall–Kier alpha value is -2.37. The van der Waals surface area contributed by atoms with Crippen LogP contribution >= 0.6 is 0 Å². The number of nitrogens with one attached hydrogen (secondary N) is 2. The molecule has 6 nitrogen and oxygen atoms in total. The molecule has 0 atom stereocenters. The van der Waals surface area contributed by atoms with Crippen LogP contribution in [0.1, 0.15) is 12.0 Å². The van der Waals surface area contributed by atoms with E-state index in [-0.39, 0.29) is 17.9 Å². The highest BCUT2D eigenvalue weighted by atomic mass is 16.1. The minimum atomic E-state index is -0.0971. The molecule has 0 radical (unpaired) electrons. The van der Waals surface area contributed by atoms with Gasteiger partial charge in [-0.1, -0.05) is 6.07 Å². The van der Waals surface area contributed by atoms with Crippen molar-refractivity contribution in [3.8, 4) is 0 Å². The van der Waals surface area contributed by atoms with Gasteiger partial charge in [0.2, 0.25) is 5.91 Å². The molecule has 94 valence electrons. The Labute approximate surface area is 104 Å². The Balaban J connectivity index is 1.78. The van der Waals surface area contributed by atoms with E-state index >= 15 is 0 Å². The Kier molecular flexibility index (Phi) is 3.90. The molecule has 2 aromatic rings. The lowest BCUT2D eigenvalue weighted by Crippen LogP contribution is -2.26. The molecule has 2 N–H and O–H groups in total. The summed E-state index contributed by atoms with van der Waals surface area (Å²) in [5, 5.41) is 9.22. The minimum Gasteiger partial charge on any atom is -0.352 e. The Morgan fingerprint density at radius 2 is 2.33 bits per heavy atom. The normalized spacial score (nSPS) is 10.2. The SMILES string of the molecule is O=C(CCn1ccccc1=O)NCc1cn[nH]c1. The van der Waals surface area contributed by atoms with Crippen molar-refractivity contribution in [2.24, 2.45) is 0 Å². The summed E-state index contributed by atoms with van der Waals surface area (Å²) >= 11 is 0. The van der Waals surface area contributed by atoms with Crippen LogP contribution in [0.5, 0.6) is 0 Å². The van der Waals surface area contributed by atoms with Gasteiger partial charge in [-0.05, 0) is 6.07 Å². The molecule has 0 saturated carbocycles. The molecule has 1 amide bonds. The lowest BCUT2D eigenvalue weighted by atomic mass is 10.3. The van der Waals surface area contributed by atoms with Crippen LogP contribution in [0.15, 0.2) is 41.6 Å². The predicted molar refractivity (Wildman–Crippen MR) is 65.8 cm³/mol. The van der Waals surface area contributed by atoms with E-state index in [4.69, 9.17) is 0 Å². The monoisotopic (exact) mass is 246 g/mol. The number of nitrogens with zero attached hydrogens (tertiary/aromatic N) is 2. The lowest BCUT2D eigenvalue weighted by Gasteiger charge is -2.05. The summed E-state index contributed by atoms with van der Waals surface area (Å²) in [6, 6.07) is 4.92. The summed E-state index contributed by atoms with van der Waals surface area (Å²) in [5.74, 6) is -0.0908. The second-order valence-electron chi connectivity index (χ2n) is 3.87. The second-order valence-corrected chi connectivity index (χ2v) is 3.87. The summed E-state index contributed by atoms with van der Waals surface area (Å²) in [6.45, 7) is 0.829. The van der Waals surface area contributed by atoms with Crippen LogP contribution in [-0.4, -0.2) is 20.7 Å². The maximum atomic E-state index is 11.6.